The number of guanidine groups is 1. The molecule has 3 rings (SSSR count). The summed E-state index contributed by atoms with van der Waals surface area (Å²) in [5.41, 5.74) is 18.1. The largest absolute Gasteiger partial charge is 0.481 e. The minimum Gasteiger partial charge on any atom is -0.481 e. The third-order valence-electron chi connectivity index (χ3n) is 7.12. The minimum absolute atomic E-state index is 0.0312. The molecule has 1 fully saturated rings. The smallest absolute Gasteiger partial charge is 0.326 e. The summed E-state index contributed by atoms with van der Waals surface area (Å²) in [6.45, 7) is 0.410. The number of benzene rings is 1. The van der Waals surface area contributed by atoms with Gasteiger partial charge in [-0.3, -0.25) is 24.2 Å². The zero-order valence-corrected chi connectivity index (χ0v) is 23.1. The fraction of sp³-hybridized carbons (Fsp3) is 0.481. The van der Waals surface area contributed by atoms with Crippen LogP contribution in [0, 0.1) is 0 Å². The summed E-state index contributed by atoms with van der Waals surface area (Å²) in [5, 5.41) is 24.8. The van der Waals surface area contributed by atoms with Gasteiger partial charge in [0.25, 0.3) is 0 Å². The summed E-state index contributed by atoms with van der Waals surface area (Å²) in [4.78, 5) is 70.9. The van der Waals surface area contributed by atoms with Gasteiger partial charge in [-0.1, -0.05) is 18.2 Å². The number of hydrogen-bond acceptors (Lipinski definition) is 7. The molecule has 0 aliphatic carbocycles. The Labute approximate surface area is 241 Å². The number of likely N-dealkylation sites (tertiary alicyclic amines) is 1. The van der Waals surface area contributed by atoms with E-state index in [0.29, 0.717) is 19.3 Å². The first-order valence-electron chi connectivity index (χ1n) is 13.7. The Morgan fingerprint density at radius 1 is 1.07 bits per heavy atom. The maximum absolute atomic E-state index is 13.6. The molecule has 4 atom stereocenters. The Balaban J connectivity index is 1.71. The van der Waals surface area contributed by atoms with E-state index in [1.807, 2.05) is 24.3 Å². The van der Waals surface area contributed by atoms with E-state index in [0.717, 1.165) is 16.5 Å². The third-order valence-corrected chi connectivity index (χ3v) is 7.12. The van der Waals surface area contributed by atoms with Crippen molar-refractivity contribution in [3.05, 3.63) is 36.0 Å². The number of carboxylic acid groups (broad SMARTS) is 2. The lowest BCUT2D eigenvalue weighted by atomic mass is 10.0. The normalized spacial score (nSPS) is 16.8. The summed E-state index contributed by atoms with van der Waals surface area (Å²) < 4.78 is 0. The lowest BCUT2D eigenvalue weighted by Crippen LogP contribution is -2.57. The molecule has 2 aromatic rings. The van der Waals surface area contributed by atoms with Gasteiger partial charge >= 0.3 is 11.9 Å². The molecule has 1 aliphatic rings. The van der Waals surface area contributed by atoms with E-state index in [1.165, 1.54) is 4.90 Å². The molecule has 3 amide bonds. The second-order valence-corrected chi connectivity index (χ2v) is 10.2. The number of carboxylic acids is 2. The van der Waals surface area contributed by atoms with Gasteiger partial charge < -0.3 is 47.9 Å². The predicted molar refractivity (Wildman–Crippen MR) is 153 cm³/mol. The first-order valence-corrected chi connectivity index (χ1v) is 13.7. The van der Waals surface area contributed by atoms with Gasteiger partial charge in [0.1, 0.15) is 18.1 Å². The Morgan fingerprint density at radius 3 is 2.50 bits per heavy atom. The Bertz CT molecular complexity index is 1320. The number of aliphatic carboxylic acids is 2. The molecule has 0 saturated carbocycles. The van der Waals surface area contributed by atoms with Crippen molar-refractivity contribution in [2.45, 2.75) is 69.1 Å². The van der Waals surface area contributed by atoms with Crippen LogP contribution >= 0.6 is 0 Å². The van der Waals surface area contributed by atoms with E-state index in [9.17, 15) is 29.1 Å². The van der Waals surface area contributed by atoms with Crippen molar-refractivity contribution in [2.24, 2.45) is 22.2 Å². The van der Waals surface area contributed by atoms with Gasteiger partial charge in [-0.25, -0.2) is 4.79 Å². The molecule has 15 nitrogen and oxygen atoms in total. The monoisotopic (exact) mass is 586 g/mol. The fourth-order valence-corrected chi connectivity index (χ4v) is 4.94. The molecule has 1 aromatic carbocycles. The Hall–Kier alpha value is -4.66. The maximum Gasteiger partial charge on any atom is 0.326 e. The highest BCUT2D eigenvalue weighted by atomic mass is 16.4. The van der Waals surface area contributed by atoms with Crippen LogP contribution in [0.15, 0.2) is 35.5 Å². The molecule has 0 bridgehead atoms. The van der Waals surface area contributed by atoms with Gasteiger partial charge in [0, 0.05) is 43.0 Å². The van der Waals surface area contributed by atoms with Gasteiger partial charge in [-0.05, 0) is 43.7 Å². The highest BCUT2D eigenvalue weighted by Crippen LogP contribution is 2.22. The van der Waals surface area contributed by atoms with Crippen LogP contribution in [-0.2, 0) is 30.4 Å². The summed E-state index contributed by atoms with van der Waals surface area (Å²) in [7, 11) is 0. The second-order valence-electron chi connectivity index (χ2n) is 10.2. The molecule has 0 radical (unpaired) electrons. The molecule has 1 aliphatic heterocycles. The first kappa shape index (κ1) is 31.9. The van der Waals surface area contributed by atoms with Crippen molar-refractivity contribution in [3.8, 4) is 0 Å². The number of aliphatic imine (C=N–C) groups is 1. The zero-order chi connectivity index (χ0) is 30.8. The van der Waals surface area contributed by atoms with Crippen molar-refractivity contribution in [2.75, 3.05) is 13.1 Å². The van der Waals surface area contributed by atoms with E-state index >= 15 is 0 Å². The summed E-state index contributed by atoms with van der Waals surface area (Å²) in [5.74, 6) is -4.32. The van der Waals surface area contributed by atoms with Crippen LogP contribution in [0.25, 0.3) is 10.9 Å². The predicted octanol–water partition coefficient (Wildman–Crippen LogP) is -0.999. The molecular formula is C27H38N8O7. The third kappa shape index (κ3) is 8.67. The Kier molecular flexibility index (Phi) is 11.2. The zero-order valence-electron chi connectivity index (χ0n) is 23.1. The number of amides is 3. The molecule has 42 heavy (non-hydrogen) atoms. The lowest BCUT2D eigenvalue weighted by molar-refractivity contribution is -0.145. The number of aromatic nitrogens is 1. The number of nitrogens with two attached hydrogens (primary N) is 3. The number of aromatic amines is 1. The molecular weight excluding hydrogens is 548 g/mol. The van der Waals surface area contributed by atoms with Gasteiger partial charge in [-0.2, -0.15) is 0 Å². The molecule has 0 spiro atoms. The topological polar surface area (TPSA) is 259 Å². The first-order chi connectivity index (χ1) is 20.0. The van der Waals surface area contributed by atoms with Crippen LogP contribution in [0.1, 0.15) is 44.1 Å². The molecule has 11 N–H and O–H groups in total. The number of rotatable bonds is 15. The van der Waals surface area contributed by atoms with Gasteiger partial charge in [0.05, 0.1) is 6.04 Å². The van der Waals surface area contributed by atoms with Crippen molar-refractivity contribution >= 4 is 46.5 Å². The van der Waals surface area contributed by atoms with Gasteiger partial charge in [0.15, 0.2) is 5.96 Å². The number of H-pyrrole nitrogens is 1. The van der Waals surface area contributed by atoms with E-state index < -0.39 is 53.8 Å². The number of nitrogens with one attached hydrogen (secondary N) is 3. The summed E-state index contributed by atoms with van der Waals surface area (Å²) in [6, 6.07) is 2.98. The van der Waals surface area contributed by atoms with Gasteiger partial charge in [0.2, 0.25) is 17.7 Å². The minimum atomic E-state index is -1.24. The highest BCUT2D eigenvalue weighted by Gasteiger charge is 2.39. The fourth-order valence-electron chi connectivity index (χ4n) is 4.94. The highest BCUT2D eigenvalue weighted by molar-refractivity contribution is 5.95. The van der Waals surface area contributed by atoms with E-state index in [2.05, 4.69) is 20.6 Å². The summed E-state index contributed by atoms with van der Waals surface area (Å²) >= 11 is 0. The van der Waals surface area contributed by atoms with Gasteiger partial charge in [-0.15, -0.1) is 0 Å². The Morgan fingerprint density at radius 2 is 1.81 bits per heavy atom. The number of carbonyl (C=O) groups is 5. The number of para-hydroxylation sites is 1. The standard InChI is InChI=1S/C27H38N8O7/c28-17(9-10-22(36)37)23(38)33-19(7-3-11-31-27(29)30)25(40)35-12-4-8-21(35)24(39)34-20(26(41)42)13-15-14-32-18-6-2-1-5-16(15)18/h1-2,5-6,14,17,19-21,32H,3-4,7-13,28H2,(H,33,38)(H,34,39)(H,36,37)(H,41,42)(H4,29,30,31). The quantitative estimate of drug-likeness (QED) is 0.0717. The van der Waals surface area contributed by atoms with E-state index in [4.69, 9.17) is 22.3 Å². The average molecular weight is 587 g/mol. The maximum atomic E-state index is 13.6. The molecule has 4 unspecified atom stereocenters. The van der Waals surface area contributed by atoms with Crippen LogP contribution in [0.3, 0.4) is 0 Å². The van der Waals surface area contributed by atoms with Crippen molar-refractivity contribution in [1.82, 2.24) is 20.5 Å². The summed E-state index contributed by atoms with van der Waals surface area (Å²) in [6.07, 6.45) is 2.53. The van der Waals surface area contributed by atoms with E-state index in [1.54, 1.807) is 6.20 Å². The van der Waals surface area contributed by atoms with Crippen molar-refractivity contribution in [1.29, 1.82) is 0 Å². The van der Waals surface area contributed by atoms with Crippen LogP contribution in [0.5, 0.6) is 0 Å². The number of nitrogens with zero attached hydrogens (tertiary/aromatic N) is 2. The van der Waals surface area contributed by atoms with Crippen LogP contribution in [0.4, 0.5) is 0 Å². The molecule has 228 valence electrons. The van der Waals surface area contributed by atoms with E-state index in [-0.39, 0.29) is 44.7 Å². The molecule has 2 heterocycles. The average Bonchev–Trinajstić information content (AvgIpc) is 3.60. The van der Waals surface area contributed by atoms with Crippen LogP contribution in [-0.4, -0.2) is 93.0 Å². The number of hydrogen-bond donors (Lipinski definition) is 8. The SMILES string of the molecule is NC(N)=NCCCC(NC(=O)C(N)CCC(=O)O)C(=O)N1CCCC1C(=O)NC(Cc1c[nH]c2ccccc12)C(=O)O. The second kappa shape index (κ2) is 14.8. The molecule has 1 aromatic heterocycles. The van der Waals surface area contributed by atoms with Crippen molar-refractivity contribution < 1.29 is 34.2 Å². The molecule has 1 saturated heterocycles. The number of carbonyl (C=O) groups excluding carboxylic acids is 3. The molecule has 15 heteroatoms. The van der Waals surface area contributed by atoms with Crippen LogP contribution in [0.2, 0.25) is 0 Å². The van der Waals surface area contributed by atoms with Crippen molar-refractivity contribution in [3.63, 3.8) is 0 Å². The van der Waals surface area contributed by atoms with Crippen LogP contribution < -0.4 is 27.8 Å². The number of fused-ring (bicyclic) bond motifs is 1. The lowest BCUT2D eigenvalue weighted by Gasteiger charge is -2.30.